The van der Waals surface area contributed by atoms with Gasteiger partial charge in [-0.05, 0) is 31.2 Å². The van der Waals surface area contributed by atoms with E-state index < -0.39 is 0 Å². The number of carbonyl (C=O) groups is 1. The lowest BCUT2D eigenvalue weighted by Gasteiger charge is -2.14. The average molecular weight is 267 g/mol. The predicted octanol–water partition coefficient (Wildman–Crippen LogP) is 1.95. The molecule has 1 fully saturated rings. The Morgan fingerprint density at radius 1 is 1.61 bits per heavy atom. The van der Waals surface area contributed by atoms with Crippen molar-refractivity contribution in [3.8, 4) is 0 Å². The van der Waals surface area contributed by atoms with Crippen LogP contribution in [0.2, 0.25) is 0 Å². The number of amides is 1. The molecule has 1 saturated carbocycles. The van der Waals surface area contributed by atoms with Crippen LogP contribution in [0.25, 0.3) is 0 Å². The summed E-state index contributed by atoms with van der Waals surface area (Å²) in [6.07, 6.45) is 5.64. The van der Waals surface area contributed by atoms with Gasteiger partial charge in [0.15, 0.2) is 0 Å². The van der Waals surface area contributed by atoms with E-state index in [0.29, 0.717) is 17.7 Å². The molecule has 0 radical (unpaired) electrons. The minimum Gasteiger partial charge on any atom is -0.350 e. The molecule has 100 valence electrons. The van der Waals surface area contributed by atoms with E-state index in [9.17, 15) is 4.79 Å². The van der Waals surface area contributed by atoms with Gasteiger partial charge in [0.1, 0.15) is 5.69 Å². The van der Waals surface area contributed by atoms with E-state index in [1.807, 2.05) is 5.38 Å². The lowest BCUT2D eigenvalue weighted by atomic mass is 10.0. The van der Waals surface area contributed by atoms with Crippen LogP contribution in [0, 0.1) is 5.41 Å². The number of rotatable bonds is 7. The van der Waals surface area contributed by atoms with Crippen LogP contribution in [0.5, 0.6) is 0 Å². The molecular weight excluding hydrogens is 246 g/mol. The summed E-state index contributed by atoms with van der Waals surface area (Å²) in [5, 5.41) is 5.78. The van der Waals surface area contributed by atoms with Crippen LogP contribution < -0.4 is 11.1 Å². The fourth-order valence-electron chi connectivity index (χ4n) is 2.23. The van der Waals surface area contributed by atoms with Gasteiger partial charge in [-0.15, -0.1) is 11.3 Å². The fourth-order valence-corrected chi connectivity index (χ4v) is 3.03. The quantitative estimate of drug-likeness (QED) is 0.793. The van der Waals surface area contributed by atoms with Crippen LogP contribution in [0.1, 0.15) is 48.1 Å². The van der Waals surface area contributed by atoms with Crippen LogP contribution in [-0.4, -0.2) is 24.0 Å². The Kier molecular flexibility index (Phi) is 4.35. The normalized spacial score (nSPS) is 16.6. The number of aromatic nitrogens is 1. The van der Waals surface area contributed by atoms with Gasteiger partial charge in [-0.1, -0.05) is 13.3 Å². The number of nitrogens with zero attached hydrogens (tertiary/aromatic N) is 1. The highest BCUT2D eigenvalue weighted by Crippen LogP contribution is 2.48. The molecule has 18 heavy (non-hydrogen) atoms. The number of hydrogen-bond donors (Lipinski definition) is 2. The van der Waals surface area contributed by atoms with Crippen LogP contribution in [-0.2, 0) is 6.42 Å². The van der Waals surface area contributed by atoms with Gasteiger partial charge in [-0.25, -0.2) is 4.98 Å². The van der Waals surface area contributed by atoms with E-state index in [4.69, 9.17) is 5.73 Å². The third-order valence-corrected chi connectivity index (χ3v) is 4.41. The molecule has 2 rings (SSSR count). The average Bonchev–Trinajstić information content (AvgIpc) is 2.96. The van der Waals surface area contributed by atoms with Crippen LogP contribution in [0.3, 0.4) is 0 Å². The monoisotopic (exact) mass is 267 g/mol. The van der Waals surface area contributed by atoms with Gasteiger partial charge < -0.3 is 11.1 Å². The first-order valence-corrected chi connectivity index (χ1v) is 7.50. The topological polar surface area (TPSA) is 68.0 Å². The number of carbonyl (C=O) groups excluding carboxylic acids is 1. The van der Waals surface area contributed by atoms with Crippen molar-refractivity contribution in [1.29, 1.82) is 0 Å². The molecule has 0 aliphatic heterocycles. The molecule has 0 aromatic carbocycles. The maximum absolute atomic E-state index is 11.9. The minimum absolute atomic E-state index is 0.0445. The summed E-state index contributed by atoms with van der Waals surface area (Å²) in [6, 6.07) is 0. The SMILES string of the molecule is CCCC1(CNC(=O)c2csc(CCN)n2)CC1. The molecular formula is C13H21N3OS. The van der Waals surface area contributed by atoms with Crippen molar-refractivity contribution >= 4 is 17.2 Å². The highest BCUT2D eigenvalue weighted by atomic mass is 32.1. The van der Waals surface area contributed by atoms with E-state index >= 15 is 0 Å². The Morgan fingerprint density at radius 2 is 2.39 bits per heavy atom. The molecule has 1 aromatic rings. The summed E-state index contributed by atoms with van der Waals surface area (Å²) < 4.78 is 0. The lowest BCUT2D eigenvalue weighted by molar-refractivity contribution is 0.0939. The van der Waals surface area contributed by atoms with Crippen LogP contribution in [0.15, 0.2) is 5.38 Å². The standard InChI is InChI=1S/C13H21N3OS/c1-2-4-13(5-6-13)9-15-12(17)10-8-18-11(16-10)3-7-14/h8H,2-7,9,14H2,1H3,(H,15,17). The van der Waals surface area contributed by atoms with E-state index in [1.54, 1.807) is 0 Å². The Labute approximate surface area is 112 Å². The highest BCUT2D eigenvalue weighted by molar-refractivity contribution is 7.09. The van der Waals surface area contributed by atoms with Gasteiger partial charge in [0, 0.05) is 18.3 Å². The molecule has 0 unspecified atom stereocenters. The van der Waals surface area contributed by atoms with Gasteiger partial charge in [-0.2, -0.15) is 0 Å². The summed E-state index contributed by atoms with van der Waals surface area (Å²) in [6.45, 7) is 3.57. The van der Waals surface area contributed by atoms with Gasteiger partial charge in [0.25, 0.3) is 5.91 Å². The summed E-state index contributed by atoms with van der Waals surface area (Å²) in [5.74, 6) is -0.0445. The van der Waals surface area contributed by atoms with Crippen molar-refractivity contribution in [2.45, 2.75) is 39.0 Å². The molecule has 1 amide bonds. The fraction of sp³-hybridized carbons (Fsp3) is 0.692. The summed E-state index contributed by atoms with van der Waals surface area (Å²) in [4.78, 5) is 16.2. The first-order valence-electron chi connectivity index (χ1n) is 6.62. The summed E-state index contributed by atoms with van der Waals surface area (Å²) >= 11 is 1.51. The third kappa shape index (κ3) is 3.29. The number of nitrogens with two attached hydrogens (primary N) is 1. The molecule has 1 heterocycles. The van der Waals surface area contributed by atoms with Gasteiger partial charge >= 0.3 is 0 Å². The zero-order valence-corrected chi connectivity index (χ0v) is 11.7. The first-order chi connectivity index (χ1) is 8.69. The molecule has 4 nitrogen and oxygen atoms in total. The Bertz CT molecular complexity index is 412. The first kappa shape index (κ1) is 13.5. The highest BCUT2D eigenvalue weighted by Gasteiger charge is 2.41. The van der Waals surface area contributed by atoms with Crippen molar-refractivity contribution in [3.63, 3.8) is 0 Å². The van der Waals surface area contributed by atoms with E-state index in [-0.39, 0.29) is 5.91 Å². The van der Waals surface area contributed by atoms with Crippen molar-refractivity contribution in [2.75, 3.05) is 13.1 Å². The zero-order chi connectivity index (χ0) is 13.0. The smallest absolute Gasteiger partial charge is 0.270 e. The molecule has 0 saturated heterocycles. The van der Waals surface area contributed by atoms with Gasteiger partial charge in [-0.3, -0.25) is 4.79 Å². The van der Waals surface area contributed by atoms with Crippen LogP contribution in [0.4, 0.5) is 0 Å². The molecule has 1 aromatic heterocycles. The lowest BCUT2D eigenvalue weighted by Crippen LogP contribution is -2.30. The van der Waals surface area contributed by atoms with Crippen molar-refractivity contribution < 1.29 is 4.79 Å². The van der Waals surface area contributed by atoms with Crippen molar-refractivity contribution in [1.82, 2.24) is 10.3 Å². The zero-order valence-electron chi connectivity index (χ0n) is 10.9. The maximum Gasteiger partial charge on any atom is 0.270 e. The Hall–Kier alpha value is -0.940. The number of hydrogen-bond acceptors (Lipinski definition) is 4. The van der Waals surface area contributed by atoms with Gasteiger partial charge in [0.05, 0.1) is 5.01 Å². The number of thiazole rings is 1. The maximum atomic E-state index is 11.9. The predicted molar refractivity (Wildman–Crippen MR) is 73.8 cm³/mol. The van der Waals surface area contributed by atoms with E-state index in [0.717, 1.165) is 18.0 Å². The second-order valence-electron chi connectivity index (χ2n) is 5.10. The van der Waals surface area contributed by atoms with Gasteiger partial charge in [0.2, 0.25) is 0 Å². The summed E-state index contributed by atoms with van der Waals surface area (Å²) in [7, 11) is 0. The number of nitrogens with one attached hydrogen (secondary N) is 1. The largest absolute Gasteiger partial charge is 0.350 e. The molecule has 3 N–H and O–H groups in total. The Morgan fingerprint density at radius 3 is 3.00 bits per heavy atom. The molecule has 1 aliphatic rings. The molecule has 0 bridgehead atoms. The second-order valence-corrected chi connectivity index (χ2v) is 6.04. The molecule has 5 heteroatoms. The van der Waals surface area contributed by atoms with E-state index in [2.05, 4.69) is 17.2 Å². The Balaban J connectivity index is 1.83. The molecule has 1 aliphatic carbocycles. The van der Waals surface area contributed by atoms with Crippen molar-refractivity contribution in [3.05, 3.63) is 16.1 Å². The van der Waals surface area contributed by atoms with Crippen molar-refractivity contribution in [2.24, 2.45) is 11.1 Å². The van der Waals surface area contributed by atoms with E-state index in [1.165, 1.54) is 37.0 Å². The summed E-state index contributed by atoms with van der Waals surface area (Å²) in [5.41, 5.74) is 6.40. The minimum atomic E-state index is -0.0445. The van der Waals surface area contributed by atoms with Crippen LogP contribution >= 0.6 is 11.3 Å². The molecule has 0 atom stereocenters. The molecule has 0 spiro atoms. The third-order valence-electron chi connectivity index (χ3n) is 3.50. The second kappa shape index (κ2) is 5.80.